The summed E-state index contributed by atoms with van der Waals surface area (Å²) in [6, 6.07) is 0.669. The molecular formula is C8H14FIN2. The average molecular weight is 284 g/mol. The van der Waals surface area contributed by atoms with Gasteiger partial charge in [-0.05, 0) is 12.8 Å². The van der Waals surface area contributed by atoms with Crippen molar-refractivity contribution in [3.05, 3.63) is 0 Å². The summed E-state index contributed by atoms with van der Waals surface area (Å²) in [5, 5.41) is 0. The maximum atomic E-state index is 12.5. The van der Waals surface area contributed by atoms with Crippen molar-refractivity contribution < 1.29 is 4.39 Å². The SMILES string of the molecule is FC1CN(C2CCN(I)CC2)C1. The molecule has 0 N–H and O–H groups in total. The third kappa shape index (κ3) is 1.90. The molecule has 70 valence electrons. The number of hydrogen-bond donors (Lipinski definition) is 0. The first-order valence-electron chi connectivity index (χ1n) is 4.54. The van der Waals surface area contributed by atoms with E-state index in [1.165, 1.54) is 25.9 Å². The van der Waals surface area contributed by atoms with E-state index in [-0.39, 0.29) is 0 Å². The van der Waals surface area contributed by atoms with Crippen LogP contribution in [0.2, 0.25) is 0 Å². The Morgan fingerprint density at radius 3 is 2.25 bits per heavy atom. The van der Waals surface area contributed by atoms with Crippen LogP contribution >= 0.6 is 22.9 Å². The highest BCUT2D eigenvalue weighted by molar-refractivity contribution is 14.1. The van der Waals surface area contributed by atoms with Gasteiger partial charge in [-0.15, -0.1) is 0 Å². The molecule has 0 spiro atoms. The van der Waals surface area contributed by atoms with Gasteiger partial charge in [0.1, 0.15) is 6.17 Å². The van der Waals surface area contributed by atoms with Crippen molar-refractivity contribution in [2.24, 2.45) is 0 Å². The number of hydrogen-bond acceptors (Lipinski definition) is 2. The standard InChI is InChI=1S/C8H14FIN2/c9-7-5-11(6-7)8-1-3-12(10)4-2-8/h7-8H,1-6H2. The van der Waals surface area contributed by atoms with E-state index in [2.05, 4.69) is 30.9 Å². The Balaban J connectivity index is 1.75. The van der Waals surface area contributed by atoms with Gasteiger partial charge in [-0.3, -0.25) is 4.90 Å². The van der Waals surface area contributed by atoms with Crippen LogP contribution in [-0.2, 0) is 0 Å². The Labute approximate surface area is 86.6 Å². The number of nitrogens with zero attached hydrogens (tertiary/aromatic N) is 2. The Morgan fingerprint density at radius 2 is 1.75 bits per heavy atom. The lowest BCUT2D eigenvalue weighted by atomic mass is 10.0. The molecule has 2 heterocycles. The van der Waals surface area contributed by atoms with Gasteiger partial charge in [0.15, 0.2) is 0 Å². The molecule has 0 unspecified atom stereocenters. The van der Waals surface area contributed by atoms with Crippen molar-refractivity contribution >= 4 is 22.9 Å². The minimum absolute atomic E-state index is 0.539. The van der Waals surface area contributed by atoms with Crippen LogP contribution in [-0.4, -0.2) is 46.4 Å². The Bertz CT molecular complexity index is 153. The molecule has 2 nitrogen and oxygen atoms in total. The summed E-state index contributed by atoms with van der Waals surface area (Å²) in [5.74, 6) is 0. The molecule has 0 aromatic rings. The number of halogens is 2. The first-order valence-corrected chi connectivity index (χ1v) is 5.51. The van der Waals surface area contributed by atoms with Gasteiger partial charge < -0.3 is 0 Å². The van der Waals surface area contributed by atoms with Crippen LogP contribution in [0.1, 0.15) is 12.8 Å². The molecule has 0 radical (unpaired) electrons. The maximum Gasteiger partial charge on any atom is 0.125 e. The van der Waals surface area contributed by atoms with Crippen molar-refractivity contribution in [2.75, 3.05) is 26.2 Å². The highest BCUT2D eigenvalue weighted by Crippen LogP contribution is 2.24. The van der Waals surface area contributed by atoms with E-state index in [1.54, 1.807) is 0 Å². The molecule has 0 aliphatic carbocycles. The van der Waals surface area contributed by atoms with Gasteiger partial charge in [-0.1, -0.05) is 0 Å². The van der Waals surface area contributed by atoms with E-state index in [1.807, 2.05) is 0 Å². The fourth-order valence-electron chi connectivity index (χ4n) is 1.95. The third-order valence-corrected chi connectivity index (χ3v) is 3.76. The van der Waals surface area contributed by atoms with E-state index < -0.39 is 6.17 Å². The van der Waals surface area contributed by atoms with Crippen molar-refractivity contribution in [3.63, 3.8) is 0 Å². The summed E-state index contributed by atoms with van der Waals surface area (Å²) in [6.07, 6.45) is 1.90. The monoisotopic (exact) mass is 284 g/mol. The second-order valence-electron chi connectivity index (χ2n) is 3.69. The van der Waals surface area contributed by atoms with Crippen LogP contribution in [0, 0.1) is 0 Å². The van der Waals surface area contributed by atoms with Crippen molar-refractivity contribution in [3.8, 4) is 0 Å². The van der Waals surface area contributed by atoms with E-state index >= 15 is 0 Å². The lowest BCUT2D eigenvalue weighted by molar-refractivity contribution is 0.0121. The minimum Gasteiger partial charge on any atom is -0.294 e. The minimum atomic E-state index is -0.539. The first-order chi connectivity index (χ1) is 5.75. The molecule has 2 aliphatic rings. The number of piperidine rings is 1. The fraction of sp³-hybridized carbons (Fsp3) is 1.00. The average Bonchev–Trinajstić information content (AvgIpc) is 2.01. The van der Waals surface area contributed by atoms with Gasteiger partial charge in [-0.2, -0.15) is 0 Å². The normalized spacial score (nSPS) is 30.5. The van der Waals surface area contributed by atoms with Crippen LogP contribution in [0.25, 0.3) is 0 Å². The maximum absolute atomic E-state index is 12.5. The largest absolute Gasteiger partial charge is 0.294 e. The van der Waals surface area contributed by atoms with Crippen molar-refractivity contribution in [2.45, 2.75) is 25.1 Å². The van der Waals surface area contributed by atoms with Gasteiger partial charge >= 0.3 is 0 Å². The zero-order valence-corrected chi connectivity index (χ0v) is 9.21. The quantitative estimate of drug-likeness (QED) is 0.531. The molecule has 0 atom stereocenters. The van der Waals surface area contributed by atoms with Crippen molar-refractivity contribution in [1.82, 2.24) is 8.01 Å². The van der Waals surface area contributed by atoms with Gasteiger partial charge in [-0.25, -0.2) is 7.50 Å². The molecule has 2 aliphatic heterocycles. The second-order valence-corrected chi connectivity index (χ2v) is 5.06. The smallest absolute Gasteiger partial charge is 0.125 e. The lowest BCUT2D eigenvalue weighted by Gasteiger charge is -2.43. The molecule has 0 bridgehead atoms. The molecule has 2 saturated heterocycles. The Kier molecular flexibility index (Phi) is 2.86. The zero-order chi connectivity index (χ0) is 8.55. The molecule has 4 heteroatoms. The predicted molar refractivity (Wildman–Crippen MR) is 55.1 cm³/mol. The van der Waals surface area contributed by atoms with Crippen LogP contribution in [0.15, 0.2) is 0 Å². The van der Waals surface area contributed by atoms with Crippen LogP contribution < -0.4 is 0 Å². The molecule has 0 saturated carbocycles. The molecule has 0 aromatic carbocycles. The molecule has 0 amide bonds. The topological polar surface area (TPSA) is 6.48 Å². The van der Waals surface area contributed by atoms with E-state index in [4.69, 9.17) is 0 Å². The summed E-state index contributed by atoms with van der Waals surface area (Å²) < 4.78 is 14.9. The molecule has 2 fully saturated rings. The van der Waals surface area contributed by atoms with Gasteiger partial charge in [0, 0.05) is 55.1 Å². The summed E-state index contributed by atoms with van der Waals surface area (Å²) in [6.45, 7) is 3.70. The Morgan fingerprint density at radius 1 is 1.17 bits per heavy atom. The van der Waals surface area contributed by atoms with Crippen LogP contribution in [0.4, 0.5) is 4.39 Å². The third-order valence-electron chi connectivity index (χ3n) is 2.79. The molecule has 12 heavy (non-hydrogen) atoms. The predicted octanol–water partition coefficient (Wildman–Crippen LogP) is 1.45. The first kappa shape index (κ1) is 9.15. The van der Waals surface area contributed by atoms with E-state index in [0.717, 1.165) is 0 Å². The van der Waals surface area contributed by atoms with Gasteiger partial charge in [0.25, 0.3) is 0 Å². The van der Waals surface area contributed by atoms with Gasteiger partial charge in [0.2, 0.25) is 0 Å². The fourth-order valence-corrected chi connectivity index (χ4v) is 2.51. The lowest BCUT2D eigenvalue weighted by Crippen LogP contribution is -2.55. The van der Waals surface area contributed by atoms with E-state index in [9.17, 15) is 4.39 Å². The zero-order valence-electron chi connectivity index (χ0n) is 7.05. The summed E-state index contributed by atoms with van der Waals surface area (Å²) >= 11 is 2.37. The molecule has 2 rings (SSSR count). The number of alkyl halides is 1. The molecular weight excluding hydrogens is 270 g/mol. The summed E-state index contributed by atoms with van der Waals surface area (Å²) in [4.78, 5) is 2.29. The highest BCUT2D eigenvalue weighted by atomic mass is 127. The highest BCUT2D eigenvalue weighted by Gasteiger charge is 2.33. The number of rotatable bonds is 1. The van der Waals surface area contributed by atoms with Crippen molar-refractivity contribution in [1.29, 1.82) is 0 Å². The number of likely N-dealkylation sites (tertiary alicyclic amines) is 1. The van der Waals surface area contributed by atoms with E-state index in [0.29, 0.717) is 19.1 Å². The Hall–Kier alpha value is 0.580. The summed E-state index contributed by atoms with van der Waals surface area (Å²) in [7, 11) is 0. The van der Waals surface area contributed by atoms with Crippen LogP contribution in [0.5, 0.6) is 0 Å². The van der Waals surface area contributed by atoms with Crippen LogP contribution in [0.3, 0.4) is 0 Å². The molecule has 0 aromatic heterocycles. The van der Waals surface area contributed by atoms with Gasteiger partial charge in [0.05, 0.1) is 0 Å². The summed E-state index contributed by atoms with van der Waals surface area (Å²) in [5.41, 5.74) is 0. The second kappa shape index (κ2) is 3.75.